The van der Waals surface area contributed by atoms with E-state index in [9.17, 15) is 0 Å². The van der Waals surface area contributed by atoms with E-state index in [1.165, 1.54) is 10.9 Å². The highest BCUT2D eigenvalue weighted by Crippen LogP contribution is 2.29. The molecule has 3 heteroatoms. The van der Waals surface area contributed by atoms with Crippen LogP contribution >= 0.6 is 0 Å². The highest BCUT2D eigenvalue weighted by molar-refractivity contribution is 5.82. The Labute approximate surface area is 101 Å². The first-order valence-corrected chi connectivity index (χ1v) is 6.07. The number of furan rings is 1. The molecule has 1 atom stereocenters. The van der Waals surface area contributed by atoms with Crippen LogP contribution < -0.4 is 5.32 Å². The molecule has 1 aromatic carbocycles. The molecule has 90 valence electrons. The number of benzene rings is 1. The quantitative estimate of drug-likeness (QED) is 0.882. The number of hydrogen-bond acceptors (Lipinski definition) is 3. The standard InChI is InChI=1S/C14H17NO2/c1-9-12-5-3-4-6-13(12)17-14(9)10(2)15-11-7-16-8-11/h3-6,10-11,15H,7-8H2,1-2H3. The van der Waals surface area contributed by atoms with Crippen molar-refractivity contribution in [3.05, 3.63) is 35.6 Å². The summed E-state index contributed by atoms with van der Waals surface area (Å²) in [6.45, 7) is 5.88. The van der Waals surface area contributed by atoms with Crippen molar-refractivity contribution < 1.29 is 9.15 Å². The van der Waals surface area contributed by atoms with E-state index in [0.29, 0.717) is 6.04 Å². The van der Waals surface area contributed by atoms with Crippen LogP contribution in [0.5, 0.6) is 0 Å². The van der Waals surface area contributed by atoms with E-state index in [0.717, 1.165) is 24.6 Å². The third-order valence-electron chi connectivity index (χ3n) is 3.40. The molecule has 1 fully saturated rings. The van der Waals surface area contributed by atoms with Crippen LogP contribution in [-0.2, 0) is 4.74 Å². The highest BCUT2D eigenvalue weighted by Gasteiger charge is 2.23. The Bertz CT molecular complexity index is 528. The molecule has 0 saturated carbocycles. The molecule has 2 heterocycles. The van der Waals surface area contributed by atoms with E-state index in [1.807, 2.05) is 18.2 Å². The van der Waals surface area contributed by atoms with Gasteiger partial charge in [0.05, 0.1) is 25.3 Å². The van der Waals surface area contributed by atoms with Gasteiger partial charge in [-0.2, -0.15) is 0 Å². The number of fused-ring (bicyclic) bond motifs is 1. The molecule has 0 amide bonds. The van der Waals surface area contributed by atoms with Crippen molar-refractivity contribution in [2.75, 3.05) is 13.2 Å². The summed E-state index contributed by atoms with van der Waals surface area (Å²) in [7, 11) is 0. The van der Waals surface area contributed by atoms with Crippen LogP contribution in [0.3, 0.4) is 0 Å². The first kappa shape index (κ1) is 10.8. The molecule has 3 rings (SSSR count). The monoisotopic (exact) mass is 231 g/mol. The maximum absolute atomic E-state index is 5.93. The average Bonchev–Trinajstić information content (AvgIpc) is 2.62. The molecule has 17 heavy (non-hydrogen) atoms. The van der Waals surface area contributed by atoms with Crippen LogP contribution in [0.15, 0.2) is 28.7 Å². The van der Waals surface area contributed by atoms with Gasteiger partial charge in [0.2, 0.25) is 0 Å². The van der Waals surface area contributed by atoms with Crippen molar-refractivity contribution in [3.63, 3.8) is 0 Å². The topological polar surface area (TPSA) is 34.4 Å². The Morgan fingerprint density at radius 2 is 2.06 bits per heavy atom. The molecule has 0 bridgehead atoms. The second-order valence-corrected chi connectivity index (χ2v) is 4.71. The van der Waals surface area contributed by atoms with Gasteiger partial charge in [-0.15, -0.1) is 0 Å². The number of aryl methyl sites for hydroxylation is 1. The first-order chi connectivity index (χ1) is 8.25. The van der Waals surface area contributed by atoms with Gasteiger partial charge in [-0.05, 0) is 25.5 Å². The minimum atomic E-state index is 0.233. The lowest BCUT2D eigenvalue weighted by Crippen LogP contribution is -2.46. The number of hydrogen-bond donors (Lipinski definition) is 1. The van der Waals surface area contributed by atoms with E-state index < -0.39 is 0 Å². The van der Waals surface area contributed by atoms with E-state index in [1.54, 1.807) is 0 Å². The van der Waals surface area contributed by atoms with Crippen molar-refractivity contribution in [1.29, 1.82) is 0 Å². The summed E-state index contributed by atoms with van der Waals surface area (Å²) in [6.07, 6.45) is 0. The average molecular weight is 231 g/mol. The van der Waals surface area contributed by atoms with Crippen molar-refractivity contribution in [1.82, 2.24) is 5.32 Å². The van der Waals surface area contributed by atoms with Crippen LogP contribution in [0.2, 0.25) is 0 Å². The second-order valence-electron chi connectivity index (χ2n) is 4.71. The molecule has 1 aliphatic heterocycles. The van der Waals surface area contributed by atoms with Gasteiger partial charge in [0, 0.05) is 5.39 Å². The molecule has 2 aromatic rings. The van der Waals surface area contributed by atoms with Crippen LogP contribution in [0, 0.1) is 6.92 Å². The molecule has 1 saturated heterocycles. The Kier molecular flexibility index (Phi) is 2.65. The molecular weight excluding hydrogens is 214 g/mol. The van der Waals surface area contributed by atoms with Crippen molar-refractivity contribution >= 4 is 11.0 Å². The molecular formula is C14H17NO2. The maximum Gasteiger partial charge on any atom is 0.134 e. The Hall–Kier alpha value is -1.32. The van der Waals surface area contributed by atoms with Crippen LogP contribution in [0.1, 0.15) is 24.3 Å². The fourth-order valence-electron chi connectivity index (χ4n) is 2.37. The van der Waals surface area contributed by atoms with Crippen LogP contribution in [0.4, 0.5) is 0 Å². The summed E-state index contributed by atoms with van der Waals surface area (Å²) in [4.78, 5) is 0. The predicted octanol–water partition coefficient (Wildman–Crippen LogP) is 2.79. The predicted molar refractivity (Wildman–Crippen MR) is 67.1 cm³/mol. The van der Waals surface area contributed by atoms with Crippen molar-refractivity contribution in [3.8, 4) is 0 Å². The fraction of sp³-hybridized carbons (Fsp3) is 0.429. The summed E-state index contributed by atoms with van der Waals surface area (Å²) in [5, 5.41) is 4.72. The summed E-state index contributed by atoms with van der Waals surface area (Å²) in [5.41, 5.74) is 2.21. The smallest absolute Gasteiger partial charge is 0.134 e. The van der Waals surface area contributed by atoms with Crippen LogP contribution in [-0.4, -0.2) is 19.3 Å². The number of nitrogens with one attached hydrogen (secondary N) is 1. The maximum atomic E-state index is 5.93. The molecule has 0 aliphatic carbocycles. The summed E-state index contributed by atoms with van der Waals surface area (Å²) in [6, 6.07) is 8.88. The zero-order valence-electron chi connectivity index (χ0n) is 10.2. The van der Waals surface area contributed by atoms with E-state index in [2.05, 4.69) is 25.2 Å². The lowest BCUT2D eigenvalue weighted by molar-refractivity contribution is -0.0102. The summed E-state index contributed by atoms with van der Waals surface area (Å²) < 4.78 is 11.1. The van der Waals surface area contributed by atoms with Gasteiger partial charge < -0.3 is 14.5 Å². The molecule has 1 N–H and O–H groups in total. The zero-order chi connectivity index (χ0) is 11.8. The lowest BCUT2D eigenvalue weighted by Gasteiger charge is -2.29. The second kappa shape index (κ2) is 4.17. The summed E-state index contributed by atoms with van der Waals surface area (Å²) >= 11 is 0. The third-order valence-corrected chi connectivity index (χ3v) is 3.40. The molecule has 1 aliphatic rings. The molecule has 0 spiro atoms. The van der Waals surface area contributed by atoms with Crippen LogP contribution in [0.25, 0.3) is 11.0 Å². The van der Waals surface area contributed by atoms with Gasteiger partial charge in [-0.25, -0.2) is 0 Å². The SMILES string of the molecule is Cc1c(C(C)NC2COC2)oc2ccccc12. The fourth-order valence-corrected chi connectivity index (χ4v) is 2.37. The zero-order valence-corrected chi connectivity index (χ0v) is 10.2. The molecule has 1 aromatic heterocycles. The Morgan fingerprint density at radius 3 is 2.71 bits per heavy atom. The number of rotatable bonds is 3. The Balaban J connectivity index is 1.90. The van der Waals surface area contributed by atoms with Crippen molar-refractivity contribution in [2.45, 2.75) is 25.9 Å². The van der Waals surface area contributed by atoms with Gasteiger partial charge in [0.25, 0.3) is 0 Å². The largest absolute Gasteiger partial charge is 0.459 e. The van der Waals surface area contributed by atoms with Gasteiger partial charge >= 0.3 is 0 Å². The minimum absolute atomic E-state index is 0.233. The first-order valence-electron chi connectivity index (χ1n) is 6.07. The van der Waals surface area contributed by atoms with E-state index in [-0.39, 0.29) is 6.04 Å². The van der Waals surface area contributed by atoms with Gasteiger partial charge in [0.15, 0.2) is 0 Å². The molecule has 3 nitrogen and oxygen atoms in total. The van der Waals surface area contributed by atoms with Gasteiger partial charge in [0.1, 0.15) is 11.3 Å². The summed E-state index contributed by atoms with van der Waals surface area (Å²) in [5.74, 6) is 1.04. The van der Waals surface area contributed by atoms with Crippen molar-refractivity contribution in [2.24, 2.45) is 0 Å². The minimum Gasteiger partial charge on any atom is -0.459 e. The third kappa shape index (κ3) is 1.85. The number of para-hydroxylation sites is 1. The Morgan fingerprint density at radius 1 is 1.29 bits per heavy atom. The van der Waals surface area contributed by atoms with Gasteiger partial charge in [-0.1, -0.05) is 18.2 Å². The molecule has 1 unspecified atom stereocenters. The van der Waals surface area contributed by atoms with E-state index >= 15 is 0 Å². The lowest BCUT2D eigenvalue weighted by atomic mass is 10.1. The molecule has 0 radical (unpaired) electrons. The highest BCUT2D eigenvalue weighted by atomic mass is 16.5. The van der Waals surface area contributed by atoms with Gasteiger partial charge in [-0.3, -0.25) is 0 Å². The number of ether oxygens (including phenoxy) is 1. The van der Waals surface area contributed by atoms with E-state index in [4.69, 9.17) is 9.15 Å². The normalized spacial score (nSPS) is 18.2.